The van der Waals surface area contributed by atoms with E-state index in [2.05, 4.69) is 15.5 Å². The molecular formula is C20H31Cl2F2N3O. The molecule has 2 aliphatic heterocycles. The van der Waals surface area contributed by atoms with Gasteiger partial charge in [0.2, 0.25) is 5.91 Å². The fourth-order valence-electron chi connectivity index (χ4n) is 3.94. The zero-order chi connectivity index (χ0) is 18.4. The lowest BCUT2D eigenvalue weighted by molar-refractivity contribution is -0.122. The number of benzene rings is 1. The summed E-state index contributed by atoms with van der Waals surface area (Å²) in [6.45, 7) is 4.48. The van der Waals surface area contributed by atoms with Crippen molar-refractivity contribution in [1.29, 1.82) is 0 Å². The molecule has 160 valence electrons. The molecule has 2 aliphatic rings. The van der Waals surface area contributed by atoms with Crippen LogP contribution < -0.4 is 10.6 Å². The fraction of sp³-hybridized carbons (Fsp3) is 0.650. The molecule has 1 amide bonds. The molecule has 2 saturated heterocycles. The van der Waals surface area contributed by atoms with Gasteiger partial charge in [-0.2, -0.15) is 0 Å². The van der Waals surface area contributed by atoms with Gasteiger partial charge in [0.15, 0.2) is 11.6 Å². The number of carbonyl (C=O) groups excluding carboxylic acids is 1. The molecular weight excluding hydrogens is 407 g/mol. The number of piperidine rings is 2. The van der Waals surface area contributed by atoms with E-state index in [0.29, 0.717) is 18.9 Å². The standard InChI is InChI=1S/C20H29F2N3O.2ClH/c21-18-3-1-16(13-19(18)22)14-25-11-7-17(8-12-25)24-20(26)4-2-15-5-9-23-10-6-15;;/h1,3,13,15,17,23H,2,4-12,14H2,(H,24,26);2*1H. The number of nitrogens with zero attached hydrogens (tertiary/aromatic N) is 1. The number of halogens is 4. The van der Waals surface area contributed by atoms with E-state index in [9.17, 15) is 13.6 Å². The molecule has 1 aromatic carbocycles. The first-order chi connectivity index (χ1) is 12.6. The van der Waals surface area contributed by atoms with E-state index < -0.39 is 11.6 Å². The number of carbonyl (C=O) groups is 1. The number of hydrogen-bond donors (Lipinski definition) is 2. The summed E-state index contributed by atoms with van der Waals surface area (Å²) in [4.78, 5) is 14.4. The SMILES string of the molecule is Cl.Cl.O=C(CCC1CCNCC1)NC1CCN(Cc2ccc(F)c(F)c2)CC1. The Morgan fingerprint density at radius 2 is 1.75 bits per heavy atom. The van der Waals surface area contributed by atoms with Crippen LogP contribution >= 0.6 is 24.8 Å². The van der Waals surface area contributed by atoms with Crippen molar-refractivity contribution in [1.82, 2.24) is 15.5 Å². The van der Waals surface area contributed by atoms with Crippen LogP contribution in [0.25, 0.3) is 0 Å². The second kappa shape index (κ2) is 12.6. The molecule has 0 aromatic heterocycles. The number of rotatable bonds is 6. The topological polar surface area (TPSA) is 44.4 Å². The van der Waals surface area contributed by atoms with Crippen LogP contribution in [0.2, 0.25) is 0 Å². The molecule has 2 heterocycles. The van der Waals surface area contributed by atoms with Gasteiger partial charge < -0.3 is 10.6 Å². The fourth-order valence-corrected chi connectivity index (χ4v) is 3.94. The zero-order valence-corrected chi connectivity index (χ0v) is 17.7. The van der Waals surface area contributed by atoms with Gasteiger partial charge in [-0.15, -0.1) is 24.8 Å². The molecule has 4 nitrogen and oxygen atoms in total. The highest BCUT2D eigenvalue weighted by Crippen LogP contribution is 2.19. The maximum Gasteiger partial charge on any atom is 0.220 e. The first kappa shape index (κ1) is 25.1. The van der Waals surface area contributed by atoms with Gasteiger partial charge in [0.1, 0.15) is 0 Å². The Morgan fingerprint density at radius 3 is 2.39 bits per heavy atom. The van der Waals surface area contributed by atoms with E-state index in [-0.39, 0.29) is 36.8 Å². The molecule has 0 radical (unpaired) electrons. The van der Waals surface area contributed by atoms with E-state index >= 15 is 0 Å². The number of amides is 1. The van der Waals surface area contributed by atoms with Gasteiger partial charge in [-0.3, -0.25) is 9.69 Å². The largest absolute Gasteiger partial charge is 0.353 e. The van der Waals surface area contributed by atoms with Crippen molar-refractivity contribution in [2.45, 2.75) is 51.1 Å². The van der Waals surface area contributed by atoms with Gasteiger partial charge in [0.25, 0.3) is 0 Å². The smallest absolute Gasteiger partial charge is 0.220 e. The molecule has 2 fully saturated rings. The van der Waals surface area contributed by atoms with Crippen LogP contribution in [0.15, 0.2) is 18.2 Å². The Kier molecular flexibility index (Phi) is 11.3. The van der Waals surface area contributed by atoms with Crippen molar-refractivity contribution in [2.75, 3.05) is 26.2 Å². The lowest BCUT2D eigenvalue weighted by Gasteiger charge is -2.32. The third-order valence-electron chi connectivity index (χ3n) is 5.58. The highest BCUT2D eigenvalue weighted by Gasteiger charge is 2.22. The van der Waals surface area contributed by atoms with Gasteiger partial charge >= 0.3 is 0 Å². The highest BCUT2D eigenvalue weighted by molar-refractivity contribution is 5.85. The summed E-state index contributed by atoms with van der Waals surface area (Å²) in [7, 11) is 0. The molecule has 2 N–H and O–H groups in total. The zero-order valence-electron chi connectivity index (χ0n) is 16.1. The second-order valence-electron chi connectivity index (χ2n) is 7.60. The molecule has 0 atom stereocenters. The van der Waals surface area contributed by atoms with E-state index in [0.717, 1.165) is 51.0 Å². The average Bonchev–Trinajstić information content (AvgIpc) is 2.65. The van der Waals surface area contributed by atoms with E-state index in [1.807, 2.05) is 0 Å². The Hall–Kier alpha value is -0.950. The van der Waals surface area contributed by atoms with Gasteiger partial charge in [-0.05, 0) is 68.8 Å². The molecule has 0 saturated carbocycles. The van der Waals surface area contributed by atoms with Crippen LogP contribution in [-0.2, 0) is 11.3 Å². The second-order valence-corrected chi connectivity index (χ2v) is 7.60. The summed E-state index contributed by atoms with van der Waals surface area (Å²) in [6, 6.07) is 4.31. The van der Waals surface area contributed by atoms with Gasteiger partial charge in [-0.1, -0.05) is 6.07 Å². The molecule has 0 unspecified atom stereocenters. The molecule has 8 heteroatoms. The van der Waals surface area contributed by atoms with Crippen molar-refractivity contribution >= 4 is 30.7 Å². The number of likely N-dealkylation sites (tertiary alicyclic amines) is 1. The Morgan fingerprint density at radius 1 is 1.07 bits per heavy atom. The van der Waals surface area contributed by atoms with Gasteiger partial charge in [-0.25, -0.2) is 8.78 Å². The normalized spacial score (nSPS) is 18.8. The highest BCUT2D eigenvalue weighted by atomic mass is 35.5. The molecule has 28 heavy (non-hydrogen) atoms. The van der Waals surface area contributed by atoms with Crippen LogP contribution in [0, 0.1) is 17.6 Å². The van der Waals surface area contributed by atoms with Gasteiger partial charge in [0, 0.05) is 32.1 Å². The lowest BCUT2D eigenvalue weighted by Crippen LogP contribution is -2.44. The van der Waals surface area contributed by atoms with Crippen LogP contribution in [-0.4, -0.2) is 43.0 Å². The van der Waals surface area contributed by atoms with Crippen molar-refractivity contribution in [3.63, 3.8) is 0 Å². The molecule has 0 spiro atoms. The Labute approximate surface area is 178 Å². The third-order valence-corrected chi connectivity index (χ3v) is 5.58. The maximum atomic E-state index is 13.3. The summed E-state index contributed by atoms with van der Waals surface area (Å²) < 4.78 is 26.3. The van der Waals surface area contributed by atoms with Crippen LogP contribution in [0.4, 0.5) is 8.78 Å². The quantitative estimate of drug-likeness (QED) is 0.713. The summed E-state index contributed by atoms with van der Waals surface area (Å²) in [6.07, 6.45) is 5.78. The maximum absolute atomic E-state index is 13.3. The Bertz CT molecular complexity index is 607. The minimum absolute atomic E-state index is 0. The average molecular weight is 438 g/mol. The van der Waals surface area contributed by atoms with Gasteiger partial charge in [0.05, 0.1) is 0 Å². The summed E-state index contributed by atoms with van der Waals surface area (Å²) in [5.41, 5.74) is 0.786. The molecule has 1 aromatic rings. The summed E-state index contributed by atoms with van der Waals surface area (Å²) in [5.74, 6) is -0.749. The van der Waals surface area contributed by atoms with Crippen LogP contribution in [0.1, 0.15) is 44.1 Å². The monoisotopic (exact) mass is 437 g/mol. The minimum atomic E-state index is -0.806. The lowest BCUT2D eigenvalue weighted by atomic mass is 9.93. The van der Waals surface area contributed by atoms with Crippen molar-refractivity contribution in [3.05, 3.63) is 35.4 Å². The third kappa shape index (κ3) is 7.82. The number of nitrogens with one attached hydrogen (secondary N) is 2. The predicted octanol–water partition coefficient (Wildman–Crippen LogP) is 3.67. The van der Waals surface area contributed by atoms with E-state index in [4.69, 9.17) is 0 Å². The Balaban J connectivity index is 0.00000196. The first-order valence-corrected chi connectivity index (χ1v) is 9.76. The van der Waals surface area contributed by atoms with E-state index in [1.54, 1.807) is 6.07 Å². The first-order valence-electron chi connectivity index (χ1n) is 9.76. The van der Waals surface area contributed by atoms with E-state index in [1.165, 1.54) is 25.0 Å². The molecule has 0 aliphatic carbocycles. The summed E-state index contributed by atoms with van der Waals surface area (Å²) >= 11 is 0. The van der Waals surface area contributed by atoms with Crippen LogP contribution in [0.5, 0.6) is 0 Å². The predicted molar refractivity (Wildman–Crippen MR) is 112 cm³/mol. The summed E-state index contributed by atoms with van der Waals surface area (Å²) in [5, 5.41) is 6.52. The molecule has 3 rings (SSSR count). The van der Waals surface area contributed by atoms with Crippen molar-refractivity contribution in [2.24, 2.45) is 5.92 Å². The van der Waals surface area contributed by atoms with Crippen molar-refractivity contribution < 1.29 is 13.6 Å². The molecule has 0 bridgehead atoms. The van der Waals surface area contributed by atoms with Crippen LogP contribution in [0.3, 0.4) is 0 Å². The van der Waals surface area contributed by atoms with Crippen molar-refractivity contribution in [3.8, 4) is 0 Å². The number of hydrogen-bond acceptors (Lipinski definition) is 3. The minimum Gasteiger partial charge on any atom is -0.353 e.